The summed E-state index contributed by atoms with van der Waals surface area (Å²) in [5.74, 6) is 1.52. The van der Waals surface area contributed by atoms with Crippen LogP contribution >= 0.6 is 35.0 Å². The number of aliphatic imine (C=N–C) groups is 1. The number of ether oxygens (including phenoxy) is 1. The van der Waals surface area contributed by atoms with Crippen molar-refractivity contribution in [3.05, 3.63) is 51.8 Å². The fourth-order valence-corrected chi connectivity index (χ4v) is 5.14. The highest BCUT2D eigenvalue weighted by Crippen LogP contribution is 2.47. The van der Waals surface area contributed by atoms with E-state index in [0.717, 1.165) is 23.5 Å². The van der Waals surface area contributed by atoms with E-state index in [1.54, 1.807) is 17.8 Å². The van der Waals surface area contributed by atoms with Crippen LogP contribution in [0.15, 0.2) is 35.5 Å². The molecule has 146 valence electrons. The summed E-state index contributed by atoms with van der Waals surface area (Å²) in [7, 11) is 0. The number of hydrogen-bond donors (Lipinski definition) is 2. The average molecular weight is 437 g/mol. The maximum Gasteiger partial charge on any atom is 0.275 e. The second-order valence-corrected chi connectivity index (χ2v) is 8.78. The summed E-state index contributed by atoms with van der Waals surface area (Å²) in [6, 6.07) is 7.01. The fourth-order valence-electron chi connectivity index (χ4n) is 3.56. The molecular formula is C19H18Cl2N4O2S. The number of carbonyl (C=O) groups excluding carboxylic acids is 1. The van der Waals surface area contributed by atoms with Gasteiger partial charge in [-0.25, -0.2) is 4.98 Å². The molecule has 4 rings (SSSR count). The van der Waals surface area contributed by atoms with E-state index in [1.807, 2.05) is 12.1 Å². The van der Waals surface area contributed by atoms with Crippen molar-refractivity contribution in [1.82, 2.24) is 4.98 Å². The number of amidine groups is 1. The third-order valence-corrected chi connectivity index (χ3v) is 6.55. The van der Waals surface area contributed by atoms with Crippen LogP contribution in [0.1, 0.15) is 29.4 Å². The van der Waals surface area contributed by atoms with Gasteiger partial charge >= 0.3 is 0 Å². The number of aromatic nitrogens is 1. The van der Waals surface area contributed by atoms with E-state index >= 15 is 0 Å². The number of fused-ring (bicyclic) bond motifs is 3. The molecule has 2 aliphatic heterocycles. The van der Waals surface area contributed by atoms with Gasteiger partial charge in [0.2, 0.25) is 0 Å². The summed E-state index contributed by atoms with van der Waals surface area (Å²) in [6.07, 6.45) is 2.27. The first-order valence-electron chi connectivity index (χ1n) is 8.74. The Labute approximate surface area is 176 Å². The van der Waals surface area contributed by atoms with Crippen LogP contribution in [0.4, 0.5) is 5.69 Å². The van der Waals surface area contributed by atoms with Gasteiger partial charge in [-0.15, -0.1) is 0 Å². The van der Waals surface area contributed by atoms with Crippen molar-refractivity contribution in [3.63, 3.8) is 0 Å². The summed E-state index contributed by atoms with van der Waals surface area (Å²) in [5, 5.41) is 3.97. The van der Waals surface area contributed by atoms with E-state index < -0.39 is 11.4 Å². The molecule has 2 atom stereocenters. The van der Waals surface area contributed by atoms with E-state index in [9.17, 15) is 4.79 Å². The predicted molar refractivity (Wildman–Crippen MR) is 114 cm³/mol. The normalized spacial score (nSPS) is 23.5. The molecule has 0 fully saturated rings. The molecule has 0 radical (unpaired) electrons. The summed E-state index contributed by atoms with van der Waals surface area (Å²) in [4.78, 5) is 21.4. The summed E-state index contributed by atoms with van der Waals surface area (Å²) in [5.41, 5.74) is 7.15. The predicted octanol–water partition coefficient (Wildman–Crippen LogP) is 4.32. The lowest BCUT2D eigenvalue weighted by Gasteiger charge is -2.36. The Bertz CT molecular complexity index is 984. The largest absolute Gasteiger partial charge is 0.493 e. The highest BCUT2D eigenvalue weighted by Gasteiger charge is 2.42. The van der Waals surface area contributed by atoms with Crippen LogP contribution in [0.3, 0.4) is 0 Å². The number of nitrogens with zero attached hydrogens (tertiary/aromatic N) is 2. The molecule has 3 heterocycles. The number of pyridine rings is 1. The summed E-state index contributed by atoms with van der Waals surface area (Å²) < 4.78 is 5.94. The van der Waals surface area contributed by atoms with E-state index in [-0.39, 0.29) is 10.7 Å². The Morgan fingerprint density at radius 2 is 2.21 bits per heavy atom. The first kappa shape index (κ1) is 19.4. The molecule has 1 aromatic heterocycles. The smallest absolute Gasteiger partial charge is 0.275 e. The van der Waals surface area contributed by atoms with Gasteiger partial charge in [-0.3, -0.25) is 9.79 Å². The molecule has 0 aliphatic carbocycles. The molecule has 2 aromatic rings. The van der Waals surface area contributed by atoms with E-state index in [1.165, 1.54) is 12.3 Å². The van der Waals surface area contributed by atoms with Crippen LogP contribution < -0.4 is 15.8 Å². The van der Waals surface area contributed by atoms with Gasteiger partial charge in [0.15, 0.2) is 5.17 Å². The van der Waals surface area contributed by atoms with Crippen LogP contribution in [0.5, 0.6) is 5.75 Å². The number of nitrogens with one attached hydrogen (secondary N) is 1. The number of thioether (sulfide) groups is 1. The standard InChI is InChI=1S/C19H18Cl2N4O2S/c1-19-10(9-28-18(22)25-19)4-5-27-15-3-2-12(7-13(15)19)24-17(26)16-14(21)6-11(20)8-23-16/h2-3,6-8,10H,4-5,9H2,1H3,(H2,22,25)(H,24,26)/t10-,19+/m0/s1. The molecule has 3 N–H and O–H groups in total. The van der Waals surface area contributed by atoms with Gasteiger partial charge in [0, 0.05) is 29.1 Å². The van der Waals surface area contributed by atoms with E-state index in [0.29, 0.717) is 28.4 Å². The van der Waals surface area contributed by atoms with Gasteiger partial charge in [0.1, 0.15) is 11.4 Å². The SMILES string of the molecule is C[C@@]12N=C(N)SC[C@@H]1CCOc1ccc(NC(=O)c3ncc(Cl)cc3Cl)cc12. The van der Waals surface area contributed by atoms with Crippen LogP contribution in [-0.4, -0.2) is 28.4 Å². The van der Waals surface area contributed by atoms with Crippen molar-refractivity contribution in [2.75, 3.05) is 17.7 Å². The van der Waals surface area contributed by atoms with Gasteiger partial charge in [-0.05, 0) is 37.6 Å². The van der Waals surface area contributed by atoms with Crippen LogP contribution in [0.2, 0.25) is 10.0 Å². The molecule has 0 unspecified atom stereocenters. The fraction of sp³-hybridized carbons (Fsp3) is 0.316. The number of hydrogen-bond acceptors (Lipinski definition) is 6. The molecule has 0 saturated carbocycles. The Hall–Kier alpha value is -1.96. The lowest BCUT2D eigenvalue weighted by atomic mass is 9.79. The van der Waals surface area contributed by atoms with Crippen molar-refractivity contribution < 1.29 is 9.53 Å². The quantitative estimate of drug-likeness (QED) is 0.731. The molecular weight excluding hydrogens is 419 g/mol. The van der Waals surface area contributed by atoms with E-state index in [2.05, 4.69) is 17.2 Å². The molecule has 0 spiro atoms. The molecule has 9 heteroatoms. The number of carbonyl (C=O) groups is 1. The van der Waals surface area contributed by atoms with E-state index in [4.69, 9.17) is 38.7 Å². The topological polar surface area (TPSA) is 89.6 Å². The summed E-state index contributed by atoms with van der Waals surface area (Å²) in [6.45, 7) is 2.69. The molecule has 6 nitrogen and oxygen atoms in total. The zero-order chi connectivity index (χ0) is 19.9. The molecule has 0 bridgehead atoms. The lowest BCUT2D eigenvalue weighted by Crippen LogP contribution is -2.37. The Balaban J connectivity index is 1.69. The highest BCUT2D eigenvalue weighted by molar-refractivity contribution is 8.13. The third kappa shape index (κ3) is 3.54. The molecule has 1 aromatic carbocycles. The second-order valence-electron chi connectivity index (χ2n) is 6.89. The highest BCUT2D eigenvalue weighted by atomic mass is 35.5. The molecule has 1 amide bonds. The molecule has 0 saturated heterocycles. The number of benzene rings is 1. The minimum atomic E-state index is -0.502. The van der Waals surface area contributed by atoms with Crippen molar-refractivity contribution in [1.29, 1.82) is 0 Å². The van der Waals surface area contributed by atoms with Crippen LogP contribution in [0, 0.1) is 5.92 Å². The van der Waals surface area contributed by atoms with Crippen molar-refractivity contribution >= 4 is 51.7 Å². The van der Waals surface area contributed by atoms with Gasteiger partial charge in [0.25, 0.3) is 5.91 Å². The minimum Gasteiger partial charge on any atom is -0.493 e. The summed E-state index contributed by atoms with van der Waals surface area (Å²) >= 11 is 13.5. The van der Waals surface area contributed by atoms with Gasteiger partial charge in [-0.1, -0.05) is 35.0 Å². The second kappa shape index (κ2) is 7.46. The number of amides is 1. The van der Waals surface area contributed by atoms with Gasteiger partial charge in [-0.2, -0.15) is 0 Å². The molecule has 2 aliphatic rings. The Kier molecular flexibility index (Phi) is 5.16. The Morgan fingerprint density at radius 1 is 1.39 bits per heavy atom. The first-order valence-corrected chi connectivity index (χ1v) is 10.5. The first-order chi connectivity index (χ1) is 13.4. The van der Waals surface area contributed by atoms with Crippen molar-refractivity contribution in [3.8, 4) is 5.75 Å². The maximum absolute atomic E-state index is 12.6. The van der Waals surface area contributed by atoms with Crippen molar-refractivity contribution in [2.45, 2.75) is 18.9 Å². The van der Waals surface area contributed by atoms with Gasteiger partial charge in [0.05, 0.1) is 22.2 Å². The third-order valence-electron chi connectivity index (χ3n) is 5.10. The lowest BCUT2D eigenvalue weighted by molar-refractivity contribution is 0.102. The number of anilines is 1. The zero-order valence-corrected chi connectivity index (χ0v) is 17.4. The Morgan fingerprint density at radius 3 is 3.00 bits per heavy atom. The number of nitrogens with two attached hydrogens (primary N) is 1. The molecule has 28 heavy (non-hydrogen) atoms. The number of halogens is 2. The monoisotopic (exact) mass is 436 g/mol. The van der Waals surface area contributed by atoms with Gasteiger partial charge < -0.3 is 15.8 Å². The zero-order valence-electron chi connectivity index (χ0n) is 15.0. The van der Waals surface area contributed by atoms with Crippen LogP contribution in [-0.2, 0) is 5.54 Å². The average Bonchev–Trinajstić information content (AvgIpc) is 2.77. The maximum atomic E-state index is 12.6. The van der Waals surface area contributed by atoms with Crippen LogP contribution in [0.25, 0.3) is 0 Å². The minimum absolute atomic E-state index is 0.109. The number of rotatable bonds is 2. The van der Waals surface area contributed by atoms with Crippen molar-refractivity contribution in [2.24, 2.45) is 16.6 Å².